The van der Waals surface area contributed by atoms with Gasteiger partial charge in [-0.2, -0.15) is 0 Å². The molecule has 5 heteroatoms. The summed E-state index contributed by atoms with van der Waals surface area (Å²) in [5, 5.41) is 3.18. The van der Waals surface area contributed by atoms with Crippen LogP contribution < -0.4 is 11.1 Å². The molecule has 0 amide bonds. The maximum absolute atomic E-state index is 10.7. The maximum atomic E-state index is 10.7. The molecule has 1 aliphatic heterocycles. The van der Waals surface area contributed by atoms with Crippen molar-refractivity contribution in [3.05, 3.63) is 0 Å². The van der Waals surface area contributed by atoms with E-state index in [2.05, 4.69) is 5.32 Å². The van der Waals surface area contributed by atoms with Crippen molar-refractivity contribution in [2.24, 2.45) is 5.73 Å². The van der Waals surface area contributed by atoms with Crippen LogP contribution in [0.5, 0.6) is 0 Å². The molecule has 1 saturated heterocycles. The average Bonchev–Trinajstić information content (AvgIpc) is 2.06. The van der Waals surface area contributed by atoms with E-state index in [9.17, 15) is 4.79 Å². The predicted molar refractivity (Wildman–Crippen MR) is 48.3 cm³/mol. The van der Waals surface area contributed by atoms with Crippen LogP contribution in [0.1, 0.15) is 12.8 Å². The van der Waals surface area contributed by atoms with Gasteiger partial charge in [0.2, 0.25) is 0 Å². The summed E-state index contributed by atoms with van der Waals surface area (Å²) in [6.07, 6.45) is 1.91. The molecule has 1 aliphatic rings. The predicted octanol–water partition coefficient (Wildman–Crippen LogP) is -0.338. The molecule has 0 aromatic heterocycles. The van der Waals surface area contributed by atoms with Crippen LogP contribution in [0.15, 0.2) is 0 Å². The monoisotopic (exact) mass is 194 g/mol. The van der Waals surface area contributed by atoms with Crippen LogP contribution in [0.4, 0.5) is 0 Å². The van der Waals surface area contributed by atoms with Crippen LogP contribution >= 0.6 is 12.4 Å². The maximum Gasteiger partial charge on any atom is 0.319 e. The van der Waals surface area contributed by atoms with Crippen molar-refractivity contribution >= 4 is 18.4 Å². The van der Waals surface area contributed by atoms with E-state index in [0.717, 1.165) is 25.9 Å². The number of ether oxygens (including phenoxy) is 1. The fraction of sp³-hybridized carbons (Fsp3) is 0.857. The van der Waals surface area contributed by atoms with E-state index in [1.54, 1.807) is 0 Å². The van der Waals surface area contributed by atoms with Crippen molar-refractivity contribution in [3.63, 3.8) is 0 Å². The molecule has 1 heterocycles. The van der Waals surface area contributed by atoms with Crippen LogP contribution in [0.2, 0.25) is 0 Å². The first-order valence-electron chi connectivity index (χ1n) is 3.93. The number of nitrogens with one attached hydrogen (secondary N) is 1. The number of rotatable bonds is 2. The zero-order valence-corrected chi connectivity index (χ0v) is 7.73. The lowest BCUT2D eigenvalue weighted by Gasteiger charge is -2.22. The second kappa shape index (κ2) is 6.22. The molecule has 72 valence electrons. The van der Waals surface area contributed by atoms with E-state index < -0.39 is 0 Å². The minimum atomic E-state index is -0.295. The third-order valence-corrected chi connectivity index (χ3v) is 1.75. The molecular weight excluding hydrogens is 180 g/mol. The average molecular weight is 195 g/mol. The summed E-state index contributed by atoms with van der Waals surface area (Å²) in [5.41, 5.74) is 5.10. The molecule has 0 saturated carbocycles. The normalized spacial score (nSPS) is 18.1. The number of hydrogen-bond donors (Lipinski definition) is 2. The Morgan fingerprint density at radius 1 is 1.50 bits per heavy atom. The standard InChI is InChI=1S/C7H14N2O2.ClH/c8-5-7(10)11-6-1-3-9-4-2-6;/h6,9H,1-5,8H2;1H. The van der Waals surface area contributed by atoms with Gasteiger partial charge < -0.3 is 15.8 Å². The molecule has 0 aliphatic carbocycles. The molecule has 0 unspecified atom stereocenters. The number of esters is 1. The first-order valence-corrected chi connectivity index (χ1v) is 3.93. The minimum absolute atomic E-state index is 0. The Morgan fingerprint density at radius 2 is 2.08 bits per heavy atom. The summed E-state index contributed by atoms with van der Waals surface area (Å²) in [6.45, 7) is 1.86. The number of nitrogens with two attached hydrogens (primary N) is 1. The van der Waals surface area contributed by atoms with Gasteiger partial charge in [-0.3, -0.25) is 4.79 Å². The van der Waals surface area contributed by atoms with Crippen LogP contribution in [-0.2, 0) is 9.53 Å². The van der Waals surface area contributed by atoms with Crippen molar-refractivity contribution < 1.29 is 9.53 Å². The van der Waals surface area contributed by atoms with Gasteiger partial charge in [0.05, 0.1) is 6.54 Å². The molecule has 0 spiro atoms. The Bertz CT molecular complexity index is 137. The van der Waals surface area contributed by atoms with Gasteiger partial charge in [-0.1, -0.05) is 0 Å². The first-order chi connectivity index (χ1) is 5.33. The molecule has 1 fully saturated rings. The van der Waals surface area contributed by atoms with Gasteiger partial charge in [0.1, 0.15) is 6.10 Å². The quantitative estimate of drug-likeness (QED) is 0.591. The van der Waals surface area contributed by atoms with Gasteiger partial charge in [-0.15, -0.1) is 12.4 Å². The summed E-state index contributed by atoms with van der Waals surface area (Å²) in [6, 6.07) is 0. The first kappa shape index (κ1) is 11.7. The fourth-order valence-corrected chi connectivity index (χ4v) is 1.15. The van der Waals surface area contributed by atoms with Gasteiger partial charge in [0, 0.05) is 0 Å². The Balaban J connectivity index is 0.00000121. The molecule has 1 rings (SSSR count). The summed E-state index contributed by atoms with van der Waals surface area (Å²) in [7, 11) is 0. The minimum Gasteiger partial charge on any atom is -0.461 e. The van der Waals surface area contributed by atoms with E-state index in [-0.39, 0.29) is 31.0 Å². The summed E-state index contributed by atoms with van der Waals surface area (Å²) in [5.74, 6) is -0.295. The van der Waals surface area contributed by atoms with E-state index >= 15 is 0 Å². The lowest BCUT2D eigenvalue weighted by molar-refractivity contribution is -0.148. The number of piperidine rings is 1. The molecule has 0 radical (unpaired) electrons. The lowest BCUT2D eigenvalue weighted by atomic mass is 10.1. The molecule has 0 bridgehead atoms. The third-order valence-electron chi connectivity index (χ3n) is 1.75. The van der Waals surface area contributed by atoms with Crippen LogP contribution in [-0.4, -0.2) is 31.7 Å². The van der Waals surface area contributed by atoms with E-state index in [0.29, 0.717) is 0 Å². The molecular formula is C7H15ClN2O2. The largest absolute Gasteiger partial charge is 0.461 e. The summed E-state index contributed by atoms with van der Waals surface area (Å²) in [4.78, 5) is 10.7. The Kier molecular flexibility index (Phi) is 6.06. The van der Waals surface area contributed by atoms with Crippen molar-refractivity contribution in [2.75, 3.05) is 19.6 Å². The second-order valence-electron chi connectivity index (χ2n) is 2.64. The molecule has 4 nitrogen and oxygen atoms in total. The van der Waals surface area contributed by atoms with Crippen molar-refractivity contribution in [3.8, 4) is 0 Å². The zero-order valence-electron chi connectivity index (χ0n) is 6.91. The molecule has 0 aromatic rings. The second-order valence-corrected chi connectivity index (χ2v) is 2.64. The van der Waals surface area contributed by atoms with Crippen LogP contribution in [0.3, 0.4) is 0 Å². The molecule has 3 N–H and O–H groups in total. The van der Waals surface area contributed by atoms with E-state index in [4.69, 9.17) is 10.5 Å². The van der Waals surface area contributed by atoms with E-state index in [1.807, 2.05) is 0 Å². The highest BCUT2D eigenvalue weighted by atomic mass is 35.5. The highest BCUT2D eigenvalue weighted by Crippen LogP contribution is 2.06. The zero-order chi connectivity index (χ0) is 8.10. The molecule has 12 heavy (non-hydrogen) atoms. The SMILES string of the molecule is Cl.NCC(=O)OC1CCNCC1. The molecule has 0 atom stereocenters. The van der Waals surface area contributed by atoms with Gasteiger partial charge in [-0.05, 0) is 25.9 Å². The van der Waals surface area contributed by atoms with Crippen LogP contribution in [0.25, 0.3) is 0 Å². The lowest BCUT2D eigenvalue weighted by Crippen LogP contribution is -2.35. The Hall–Kier alpha value is -0.320. The smallest absolute Gasteiger partial charge is 0.319 e. The molecule has 0 aromatic carbocycles. The number of carbonyl (C=O) groups is 1. The number of hydrogen-bond acceptors (Lipinski definition) is 4. The highest BCUT2D eigenvalue weighted by molar-refractivity contribution is 5.85. The van der Waals surface area contributed by atoms with Gasteiger partial charge in [0.25, 0.3) is 0 Å². The van der Waals surface area contributed by atoms with E-state index in [1.165, 1.54) is 0 Å². The number of halogens is 1. The van der Waals surface area contributed by atoms with Gasteiger partial charge >= 0.3 is 5.97 Å². The Labute approximate surface area is 78.2 Å². The van der Waals surface area contributed by atoms with Crippen molar-refractivity contribution in [1.29, 1.82) is 0 Å². The van der Waals surface area contributed by atoms with Gasteiger partial charge in [-0.25, -0.2) is 0 Å². The van der Waals surface area contributed by atoms with Crippen molar-refractivity contribution in [1.82, 2.24) is 5.32 Å². The number of carbonyl (C=O) groups excluding carboxylic acids is 1. The van der Waals surface area contributed by atoms with Crippen LogP contribution in [0, 0.1) is 0 Å². The fourth-order valence-electron chi connectivity index (χ4n) is 1.15. The Morgan fingerprint density at radius 3 is 2.58 bits per heavy atom. The highest BCUT2D eigenvalue weighted by Gasteiger charge is 2.15. The summed E-state index contributed by atoms with van der Waals surface area (Å²) >= 11 is 0. The van der Waals surface area contributed by atoms with Crippen molar-refractivity contribution in [2.45, 2.75) is 18.9 Å². The summed E-state index contributed by atoms with van der Waals surface area (Å²) < 4.78 is 5.04. The third kappa shape index (κ3) is 3.90. The van der Waals surface area contributed by atoms with Gasteiger partial charge in [0.15, 0.2) is 0 Å². The topological polar surface area (TPSA) is 64.4 Å².